The molecule has 26 heavy (non-hydrogen) atoms. The summed E-state index contributed by atoms with van der Waals surface area (Å²) in [6, 6.07) is 4.80. The lowest BCUT2D eigenvalue weighted by Gasteiger charge is -2.20. The number of hydrogen-bond donors (Lipinski definition) is 1. The van der Waals surface area contributed by atoms with E-state index in [2.05, 4.69) is 4.99 Å². The van der Waals surface area contributed by atoms with Crippen molar-refractivity contribution in [2.45, 2.75) is 51.4 Å². The number of hydrogen-bond acceptors (Lipinski definition) is 4. The van der Waals surface area contributed by atoms with Crippen molar-refractivity contribution in [1.82, 2.24) is 4.90 Å². The molecule has 2 aliphatic rings. The Balaban J connectivity index is 1.56. The third kappa shape index (κ3) is 4.18. The first-order valence-electron chi connectivity index (χ1n) is 9.31. The van der Waals surface area contributed by atoms with Crippen LogP contribution in [0.4, 0.5) is 5.69 Å². The van der Waals surface area contributed by atoms with Gasteiger partial charge in [0.15, 0.2) is 0 Å². The molecule has 0 bridgehead atoms. The summed E-state index contributed by atoms with van der Waals surface area (Å²) in [5.74, 6) is -1.48. The van der Waals surface area contributed by atoms with Crippen LogP contribution in [0.25, 0.3) is 0 Å². The molecule has 6 nitrogen and oxygen atoms in total. The Hall–Kier alpha value is -2.50. The van der Waals surface area contributed by atoms with Gasteiger partial charge in [0.25, 0.3) is 11.8 Å². The average Bonchev–Trinajstić information content (AvgIpc) is 2.86. The predicted molar refractivity (Wildman–Crippen MR) is 98.0 cm³/mol. The van der Waals surface area contributed by atoms with Crippen LogP contribution in [-0.2, 0) is 4.79 Å². The molecule has 6 heteroatoms. The highest BCUT2D eigenvalue weighted by atomic mass is 16.4. The molecular weight excluding hydrogens is 332 g/mol. The van der Waals surface area contributed by atoms with Gasteiger partial charge in [0, 0.05) is 6.21 Å². The lowest BCUT2D eigenvalue weighted by atomic mass is 9.86. The number of rotatable bonds is 7. The van der Waals surface area contributed by atoms with Gasteiger partial charge >= 0.3 is 5.97 Å². The maximum absolute atomic E-state index is 12.2. The Morgan fingerprint density at radius 1 is 1.15 bits per heavy atom. The maximum Gasteiger partial charge on any atom is 0.323 e. The fourth-order valence-corrected chi connectivity index (χ4v) is 3.78. The quantitative estimate of drug-likeness (QED) is 0.457. The molecule has 1 aliphatic carbocycles. The molecule has 0 atom stereocenters. The fourth-order valence-electron chi connectivity index (χ4n) is 3.78. The van der Waals surface area contributed by atoms with Crippen LogP contribution in [0.1, 0.15) is 72.1 Å². The van der Waals surface area contributed by atoms with Crippen molar-refractivity contribution in [2.24, 2.45) is 10.9 Å². The summed E-state index contributed by atoms with van der Waals surface area (Å²) in [5, 5.41) is 8.83. The summed E-state index contributed by atoms with van der Waals surface area (Å²) in [6.07, 6.45) is 11.9. The molecule has 138 valence electrons. The Labute approximate surface area is 152 Å². The lowest BCUT2D eigenvalue weighted by Crippen LogP contribution is -2.34. The molecule has 0 aromatic heterocycles. The van der Waals surface area contributed by atoms with E-state index >= 15 is 0 Å². The van der Waals surface area contributed by atoms with E-state index in [-0.39, 0.29) is 11.1 Å². The highest BCUT2D eigenvalue weighted by Crippen LogP contribution is 2.28. The van der Waals surface area contributed by atoms with Crippen LogP contribution in [-0.4, -0.2) is 40.5 Å². The van der Waals surface area contributed by atoms with E-state index in [1.807, 2.05) is 6.21 Å². The second-order valence-corrected chi connectivity index (χ2v) is 7.07. The summed E-state index contributed by atoms with van der Waals surface area (Å²) in [7, 11) is 0. The van der Waals surface area contributed by atoms with E-state index in [0.29, 0.717) is 5.69 Å². The fraction of sp³-hybridized carbons (Fsp3) is 0.500. The molecule has 1 saturated carbocycles. The monoisotopic (exact) mass is 356 g/mol. The number of amides is 2. The SMILES string of the molecule is O=C(O)CN1C(=O)c2ccc(/N=C/CCCC3CCCCC3)cc2C1=O. The van der Waals surface area contributed by atoms with E-state index in [9.17, 15) is 14.4 Å². The van der Waals surface area contributed by atoms with Gasteiger partial charge in [-0.3, -0.25) is 24.3 Å². The van der Waals surface area contributed by atoms with E-state index < -0.39 is 24.3 Å². The average molecular weight is 356 g/mol. The zero-order valence-electron chi connectivity index (χ0n) is 14.8. The second kappa shape index (κ2) is 8.25. The van der Waals surface area contributed by atoms with Gasteiger partial charge in [-0.1, -0.05) is 38.5 Å². The van der Waals surface area contributed by atoms with Crippen LogP contribution >= 0.6 is 0 Å². The third-order valence-corrected chi connectivity index (χ3v) is 5.16. The van der Waals surface area contributed by atoms with Crippen molar-refractivity contribution in [1.29, 1.82) is 0 Å². The predicted octanol–water partition coefficient (Wildman–Crippen LogP) is 3.82. The molecule has 1 aromatic rings. The van der Waals surface area contributed by atoms with Gasteiger partial charge in [-0.05, 0) is 37.0 Å². The number of benzene rings is 1. The van der Waals surface area contributed by atoms with Crippen LogP contribution in [0.15, 0.2) is 23.2 Å². The number of aliphatic imine (C=N–C) groups is 1. The standard InChI is InChI=1S/C20H24N2O4/c23-18(24)13-22-19(25)16-10-9-15(12-17(16)20(22)26)21-11-5-4-8-14-6-2-1-3-7-14/h9-12,14H,1-8,13H2,(H,23,24)/b21-11+. The smallest absolute Gasteiger partial charge is 0.323 e. The minimum atomic E-state index is -1.21. The van der Waals surface area contributed by atoms with Crippen LogP contribution < -0.4 is 0 Å². The van der Waals surface area contributed by atoms with Crippen LogP contribution in [0.3, 0.4) is 0 Å². The highest BCUT2D eigenvalue weighted by Gasteiger charge is 2.36. The number of carboxylic acids is 1. The topological polar surface area (TPSA) is 87.0 Å². The zero-order valence-corrected chi connectivity index (χ0v) is 14.8. The maximum atomic E-state index is 12.2. The first kappa shape index (κ1) is 18.3. The Morgan fingerprint density at radius 2 is 1.88 bits per heavy atom. The van der Waals surface area contributed by atoms with Crippen molar-refractivity contribution in [2.75, 3.05) is 6.54 Å². The van der Waals surface area contributed by atoms with Gasteiger partial charge < -0.3 is 5.11 Å². The minimum absolute atomic E-state index is 0.230. The number of nitrogens with zero attached hydrogens (tertiary/aromatic N) is 2. The van der Waals surface area contributed by atoms with Crippen LogP contribution in [0.5, 0.6) is 0 Å². The summed E-state index contributed by atoms with van der Waals surface area (Å²) < 4.78 is 0. The largest absolute Gasteiger partial charge is 0.480 e. The number of carboxylic acid groups (broad SMARTS) is 1. The third-order valence-electron chi connectivity index (χ3n) is 5.16. The Kier molecular flexibility index (Phi) is 5.81. The lowest BCUT2D eigenvalue weighted by molar-refractivity contribution is -0.137. The summed E-state index contributed by atoms with van der Waals surface area (Å²) in [4.78, 5) is 40.3. The molecule has 3 rings (SSSR count). The molecule has 0 spiro atoms. The van der Waals surface area contributed by atoms with Crippen LogP contribution in [0.2, 0.25) is 0 Å². The van der Waals surface area contributed by atoms with Crippen molar-refractivity contribution in [3.05, 3.63) is 29.3 Å². The summed E-state index contributed by atoms with van der Waals surface area (Å²) >= 11 is 0. The van der Waals surface area contributed by atoms with E-state index in [4.69, 9.17) is 5.11 Å². The molecule has 1 N–H and O–H groups in total. The normalized spacial score (nSPS) is 17.9. The van der Waals surface area contributed by atoms with Gasteiger partial charge in [-0.25, -0.2) is 0 Å². The van der Waals surface area contributed by atoms with Gasteiger partial charge in [-0.15, -0.1) is 0 Å². The Morgan fingerprint density at radius 3 is 2.62 bits per heavy atom. The van der Waals surface area contributed by atoms with Crippen molar-refractivity contribution in [3.8, 4) is 0 Å². The zero-order chi connectivity index (χ0) is 18.5. The number of imide groups is 1. The Bertz CT molecular complexity index is 735. The van der Waals surface area contributed by atoms with Crippen LogP contribution in [0, 0.1) is 5.92 Å². The van der Waals surface area contributed by atoms with Crippen molar-refractivity contribution < 1.29 is 19.5 Å². The molecule has 1 fully saturated rings. The molecule has 0 unspecified atom stereocenters. The molecule has 2 amide bonds. The van der Waals surface area contributed by atoms with Crippen molar-refractivity contribution in [3.63, 3.8) is 0 Å². The van der Waals surface area contributed by atoms with Crippen molar-refractivity contribution >= 4 is 29.7 Å². The molecule has 0 radical (unpaired) electrons. The molecule has 1 heterocycles. The van der Waals surface area contributed by atoms with Gasteiger partial charge in [-0.2, -0.15) is 0 Å². The highest BCUT2D eigenvalue weighted by molar-refractivity contribution is 6.22. The van der Waals surface area contributed by atoms with Gasteiger partial charge in [0.05, 0.1) is 16.8 Å². The van der Waals surface area contributed by atoms with Gasteiger partial charge in [0.1, 0.15) is 6.54 Å². The number of carbonyl (C=O) groups is 3. The summed E-state index contributed by atoms with van der Waals surface area (Å²) in [5.41, 5.74) is 1.08. The molecule has 1 aromatic carbocycles. The number of fused-ring (bicyclic) bond motifs is 1. The van der Waals surface area contributed by atoms with E-state index in [0.717, 1.165) is 23.7 Å². The number of unbranched alkanes of at least 4 members (excludes halogenated alkanes) is 1. The summed E-state index contributed by atoms with van der Waals surface area (Å²) in [6.45, 7) is -0.619. The molecule has 0 saturated heterocycles. The number of carbonyl (C=O) groups excluding carboxylic acids is 2. The van der Waals surface area contributed by atoms with E-state index in [1.54, 1.807) is 18.2 Å². The second-order valence-electron chi connectivity index (χ2n) is 7.07. The first-order chi connectivity index (χ1) is 12.6. The van der Waals surface area contributed by atoms with E-state index in [1.165, 1.54) is 38.5 Å². The molecule has 1 aliphatic heterocycles. The first-order valence-corrected chi connectivity index (χ1v) is 9.31. The number of aliphatic carboxylic acids is 1. The molecular formula is C20H24N2O4. The minimum Gasteiger partial charge on any atom is -0.480 e. The van der Waals surface area contributed by atoms with Gasteiger partial charge in [0.2, 0.25) is 0 Å².